The molecule has 2 amide bonds. The van der Waals surface area contributed by atoms with Crippen LogP contribution in [-0.4, -0.2) is 28.8 Å². The molecule has 0 N–H and O–H groups in total. The van der Waals surface area contributed by atoms with Crippen molar-refractivity contribution in [2.75, 3.05) is 0 Å². The van der Waals surface area contributed by atoms with Crippen molar-refractivity contribution >= 4 is 91.5 Å². The van der Waals surface area contributed by atoms with Gasteiger partial charge in [-0.3, -0.25) is 14.4 Å². The van der Waals surface area contributed by atoms with Crippen LogP contribution in [0.4, 0.5) is 0 Å². The first-order valence-corrected chi connectivity index (χ1v) is 12.4. The van der Waals surface area contributed by atoms with Gasteiger partial charge in [0.05, 0.1) is 19.0 Å². The molecule has 3 aliphatic rings. The number of hydrogen-bond acceptors (Lipinski definition) is 6. The molecule has 1 aromatic rings. The van der Waals surface area contributed by atoms with E-state index in [1.807, 2.05) is 12.1 Å². The SMILES string of the molecule is O=C(Oc1c(I)cc(I)cc1I)C1CC2CC1CC2C(=O)ON1C(=O)CCC1=O. The summed E-state index contributed by atoms with van der Waals surface area (Å²) >= 11 is 6.55. The minimum atomic E-state index is -0.547. The highest BCUT2D eigenvalue weighted by Gasteiger charge is 2.53. The smallest absolute Gasteiger partial charge is 0.336 e. The molecule has 1 heterocycles. The summed E-state index contributed by atoms with van der Waals surface area (Å²) in [6.45, 7) is 0. The van der Waals surface area contributed by atoms with E-state index in [2.05, 4.69) is 67.8 Å². The van der Waals surface area contributed by atoms with Crippen LogP contribution >= 0.6 is 67.8 Å². The standard InChI is InChI=1S/C19H16I3NO6/c20-10-6-13(21)17(14(22)7-10)28-18(26)11-4-9-3-8(11)5-12(9)19(27)29-23-15(24)1-2-16(23)25/h6-9,11-12H,1-5H2. The van der Waals surface area contributed by atoms with Gasteiger partial charge in [-0.1, -0.05) is 0 Å². The third-order valence-electron chi connectivity index (χ3n) is 5.82. The molecule has 7 nitrogen and oxygen atoms in total. The Hall–Kier alpha value is -0.510. The lowest BCUT2D eigenvalue weighted by atomic mass is 9.82. The Kier molecular flexibility index (Phi) is 6.40. The molecule has 0 aromatic heterocycles. The van der Waals surface area contributed by atoms with Crippen LogP contribution in [0.1, 0.15) is 32.1 Å². The number of ether oxygens (including phenoxy) is 1. The molecule has 1 aromatic carbocycles. The van der Waals surface area contributed by atoms with Gasteiger partial charge < -0.3 is 9.57 Å². The van der Waals surface area contributed by atoms with Gasteiger partial charge in [0.2, 0.25) is 0 Å². The Morgan fingerprint density at radius 3 is 1.90 bits per heavy atom. The molecule has 1 aliphatic heterocycles. The van der Waals surface area contributed by atoms with Crippen molar-refractivity contribution in [1.29, 1.82) is 0 Å². The average molecular weight is 735 g/mol. The van der Waals surface area contributed by atoms with Gasteiger partial charge in [0.1, 0.15) is 0 Å². The lowest BCUT2D eigenvalue weighted by Crippen LogP contribution is -2.37. The summed E-state index contributed by atoms with van der Waals surface area (Å²) in [5, 5.41) is 0.598. The minimum Gasteiger partial charge on any atom is -0.424 e. The molecule has 4 atom stereocenters. The van der Waals surface area contributed by atoms with Gasteiger partial charge in [0.25, 0.3) is 11.8 Å². The molecule has 0 spiro atoms. The fourth-order valence-electron chi connectivity index (χ4n) is 4.47. The molecule has 3 fully saturated rings. The number of hydrogen-bond donors (Lipinski definition) is 0. The van der Waals surface area contributed by atoms with Crippen molar-refractivity contribution in [1.82, 2.24) is 5.06 Å². The number of benzene rings is 1. The maximum absolute atomic E-state index is 12.8. The molecule has 4 unspecified atom stereocenters. The van der Waals surface area contributed by atoms with E-state index >= 15 is 0 Å². The van der Waals surface area contributed by atoms with Crippen LogP contribution in [-0.2, 0) is 24.0 Å². The van der Waals surface area contributed by atoms with E-state index in [4.69, 9.17) is 9.57 Å². The van der Waals surface area contributed by atoms with Crippen LogP contribution in [0.3, 0.4) is 0 Å². The normalized spacial score (nSPS) is 28.2. The Balaban J connectivity index is 1.38. The highest BCUT2D eigenvalue weighted by Crippen LogP contribution is 2.52. The number of amides is 2. The van der Waals surface area contributed by atoms with Crippen molar-refractivity contribution in [3.05, 3.63) is 22.8 Å². The largest absolute Gasteiger partial charge is 0.424 e. The van der Waals surface area contributed by atoms with Crippen molar-refractivity contribution in [2.24, 2.45) is 23.7 Å². The zero-order valence-corrected chi connectivity index (χ0v) is 21.5. The second kappa shape index (κ2) is 8.55. The summed E-state index contributed by atoms with van der Waals surface area (Å²) in [5.74, 6) is -1.75. The monoisotopic (exact) mass is 735 g/mol. The topological polar surface area (TPSA) is 90.0 Å². The van der Waals surface area contributed by atoms with E-state index in [9.17, 15) is 19.2 Å². The van der Waals surface area contributed by atoms with Crippen LogP contribution in [0.2, 0.25) is 0 Å². The number of carbonyl (C=O) groups is 4. The second-order valence-corrected chi connectivity index (χ2v) is 11.1. The fraction of sp³-hybridized carbons (Fsp3) is 0.474. The highest BCUT2D eigenvalue weighted by molar-refractivity contribution is 14.1. The molecular weight excluding hydrogens is 719 g/mol. The Morgan fingerprint density at radius 2 is 1.38 bits per heavy atom. The van der Waals surface area contributed by atoms with E-state index in [1.54, 1.807) is 0 Å². The molecule has 2 saturated carbocycles. The summed E-state index contributed by atoms with van der Waals surface area (Å²) in [6.07, 6.45) is 1.98. The van der Waals surface area contributed by atoms with Crippen LogP contribution in [0, 0.1) is 34.4 Å². The Morgan fingerprint density at radius 1 is 0.862 bits per heavy atom. The number of halogens is 3. The van der Waals surface area contributed by atoms with Crippen molar-refractivity contribution in [3.8, 4) is 5.75 Å². The predicted molar refractivity (Wildman–Crippen MR) is 125 cm³/mol. The Bertz CT molecular complexity index is 880. The second-order valence-electron chi connectivity index (χ2n) is 7.55. The molecule has 1 saturated heterocycles. The zero-order chi connectivity index (χ0) is 20.9. The van der Waals surface area contributed by atoms with Gasteiger partial charge in [-0.25, -0.2) is 4.79 Å². The van der Waals surface area contributed by atoms with Gasteiger partial charge in [0, 0.05) is 16.4 Å². The maximum atomic E-state index is 12.8. The van der Waals surface area contributed by atoms with E-state index in [1.165, 1.54) is 0 Å². The van der Waals surface area contributed by atoms with Gasteiger partial charge in [-0.15, -0.1) is 5.06 Å². The van der Waals surface area contributed by atoms with E-state index in [-0.39, 0.29) is 42.5 Å². The third kappa shape index (κ3) is 4.29. The molecule has 2 aliphatic carbocycles. The lowest BCUT2D eigenvalue weighted by molar-refractivity contribution is -0.202. The molecular formula is C19H16I3NO6. The summed E-state index contributed by atoms with van der Waals surface area (Å²) in [4.78, 5) is 53.7. The highest BCUT2D eigenvalue weighted by atomic mass is 127. The zero-order valence-electron chi connectivity index (χ0n) is 15.0. The Labute approximate surface area is 208 Å². The molecule has 0 radical (unpaired) electrons. The summed E-state index contributed by atoms with van der Waals surface area (Å²) in [7, 11) is 0. The molecule has 29 heavy (non-hydrogen) atoms. The van der Waals surface area contributed by atoms with Crippen LogP contribution in [0.5, 0.6) is 5.75 Å². The van der Waals surface area contributed by atoms with Crippen molar-refractivity contribution < 1.29 is 28.8 Å². The molecule has 2 bridgehead atoms. The first kappa shape index (κ1) is 21.7. The fourth-order valence-corrected chi connectivity index (χ4v) is 8.27. The minimum absolute atomic E-state index is 0.00715. The molecule has 10 heteroatoms. The summed E-state index contributed by atoms with van der Waals surface area (Å²) in [5.41, 5.74) is 0. The van der Waals surface area contributed by atoms with Crippen LogP contribution < -0.4 is 4.74 Å². The van der Waals surface area contributed by atoms with Crippen LogP contribution in [0.15, 0.2) is 12.1 Å². The van der Waals surface area contributed by atoms with E-state index < -0.39 is 17.8 Å². The first-order valence-electron chi connectivity index (χ1n) is 9.18. The summed E-state index contributed by atoms with van der Waals surface area (Å²) in [6, 6.07) is 3.92. The number of carbonyl (C=O) groups excluding carboxylic acids is 4. The van der Waals surface area contributed by atoms with Gasteiger partial charge in [-0.05, 0) is 111 Å². The first-order chi connectivity index (χ1) is 13.7. The summed E-state index contributed by atoms with van der Waals surface area (Å²) < 4.78 is 8.58. The van der Waals surface area contributed by atoms with E-state index in [0.29, 0.717) is 23.7 Å². The predicted octanol–water partition coefficient (Wildman–Crippen LogP) is 3.68. The average Bonchev–Trinajstić information content (AvgIpc) is 3.34. The van der Waals surface area contributed by atoms with Gasteiger partial charge in [-0.2, -0.15) is 0 Å². The number of hydroxylamine groups is 2. The number of imide groups is 1. The van der Waals surface area contributed by atoms with E-state index in [0.717, 1.165) is 17.1 Å². The third-order valence-corrected chi connectivity index (χ3v) is 8.04. The molecule has 154 valence electrons. The molecule has 4 rings (SSSR count). The van der Waals surface area contributed by atoms with Crippen molar-refractivity contribution in [2.45, 2.75) is 32.1 Å². The maximum Gasteiger partial charge on any atom is 0.336 e. The lowest BCUT2D eigenvalue weighted by Gasteiger charge is -2.26. The van der Waals surface area contributed by atoms with Gasteiger partial charge in [0.15, 0.2) is 5.75 Å². The number of nitrogens with zero attached hydrogens (tertiary/aromatic N) is 1. The number of esters is 1. The van der Waals surface area contributed by atoms with Crippen LogP contribution in [0.25, 0.3) is 0 Å². The van der Waals surface area contributed by atoms with Crippen molar-refractivity contribution in [3.63, 3.8) is 0 Å². The number of rotatable bonds is 4. The number of fused-ring (bicyclic) bond motifs is 2. The quantitative estimate of drug-likeness (QED) is 0.203. The van der Waals surface area contributed by atoms with Gasteiger partial charge >= 0.3 is 11.9 Å².